The highest BCUT2D eigenvalue weighted by atomic mass is 32.1. The number of imidazole rings is 2. The number of carbonyl (C=O) groups is 1. The minimum absolute atomic E-state index is 0.0865. The Morgan fingerprint density at radius 3 is 3.09 bits per heavy atom. The molecule has 110 valence electrons. The van der Waals surface area contributed by atoms with Gasteiger partial charge in [-0.25, -0.2) is 14.8 Å². The molecule has 4 aromatic rings. The predicted octanol–water partition coefficient (Wildman–Crippen LogP) is 1.75. The van der Waals surface area contributed by atoms with E-state index in [0.717, 1.165) is 10.7 Å². The number of carboxylic acid groups (broad SMARTS) is 1. The highest BCUT2D eigenvalue weighted by Gasteiger charge is 2.11. The zero-order chi connectivity index (χ0) is 15.1. The number of carboxylic acids is 1. The van der Waals surface area contributed by atoms with Gasteiger partial charge in [0.15, 0.2) is 10.7 Å². The van der Waals surface area contributed by atoms with Crippen molar-refractivity contribution in [2.45, 2.75) is 6.54 Å². The number of thiazole rings is 1. The van der Waals surface area contributed by atoms with Crippen LogP contribution < -0.4 is 5.32 Å². The van der Waals surface area contributed by atoms with Crippen LogP contribution in [0.2, 0.25) is 0 Å². The minimum atomic E-state index is -1.03. The Kier molecular flexibility index (Phi) is 2.79. The van der Waals surface area contributed by atoms with Crippen LogP contribution >= 0.6 is 11.3 Å². The molecule has 4 rings (SSSR count). The topological polar surface area (TPSA) is 96.8 Å². The van der Waals surface area contributed by atoms with Crippen LogP contribution in [0, 0.1) is 0 Å². The maximum atomic E-state index is 11.0. The van der Waals surface area contributed by atoms with Crippen LogP contribution in [0.4, 0.5) is 5.82 Å². The van der Waals surface area contributed by atoms with Crippen LogP contribution in [0.25, 0.3) is 10.7 Å². The van der Waals surface area contributed by atoms with Crippen LogP contribution in [-0.4, -0.2) is 34.8 Å². The third-order valence-corrected chi connectivity index (χ3v) is 3.96. The first-order valence-electron chi connectivity index (χ1n) is 6.43. The van der Waals surface area contributed by atoms with Crippen molar-refractivity contribution in [3.8, 4) is 0 Å². The lowest BCUT2D eigenvalue weighted by atomic mass is 10.4. The van der Waals surface area contributed by atoms with Gasteiger partial charge in [-0.3, -0.25) is 8.80 Å². The van der Waals surface area contributed by atoms with Crippen molar-refractivity contribution in [2.75, 3.05) is 5.32 Å². The van der Waals surface area contributed by atoms with Crippen LogP contribution in [0.5, 0.6) is 0 Å². The second-order valence-electron chi connectivity index (χ2n) is 4.61. The number of nitrogens with one attached hydrogen (secondary N) is 1. The van der Waals surface area contributed by atoms with E-state index in [4.69, 9.17) is 5.11 Å². The number of aromatic nitrogens is 5. The van der Waals surface area contributed by atoms with Gasteiger partial charge in [0.1, 0.15) is 5.82 Å². The number of hydrogen-bond donors (Lipinski definition) is 2. The summed E-state index contributed by atoms with van der Waals surface area (Å²) in [6.07, 6.45) is 6.83. The van der Waals surface area contributed by atoms with E-state index in [2.05, 4.69) is 20.3 Å². The first-order valence-corrected chi connectivity index (χ1v) is 7.31. The molecule has 0 fully saturated rings. The molecule has 4 aromatic heterocycles. The van der Waals surface area contributed by atoms with Gasteiger partial charge in [0.25, 0.3) is 0 Å². The molecule has 0 aromatic carbocycles. The van der Waals surface area contributed by atoms with Gasteiger partial charge >= 0.3 is 5.97 Å². The zero-order valence-electron chi connectivity index (χ0n) is 11.2. The number of fused-ring (bicyclic) bond motifs is 2. The molecule has 0 aliphatic rings. The minimum Gasteiger partial charge on any atom is -0.477 e. The normalized spacial score (nSPS) is 11.3. The lowest BCUT2D eigenvalue weighted by Gasteiger charge is -2.04. The van der Waals surface area contributed by atoms with E-state index in [0.29, 0.717) is 18.1 Å². The second kappa shape index (κ2) is 4.81. The number of hydrogen-bond acceptors (Lipinski definition) is 6. The molecule has 0 aliphatic carbocycles. The summed E-state index contributed by atoms with van der Waals surface area (Å²) in [7, 11) is 0. The Hall–Kier alpha value is -2.94. The highest BCUT2D eigenvalue weighted by Crippen LogP contribution is 2.13. The van der Waals surface area contributed by atoms with Gasteiger partial charge in [-0.15, -0.1) is 11.3 Å². The van der Waals surface area contributed by atoms with Gasteiger partial charge in [-0.05, 0) is 6.07 Å². The number of rotatable bonds is 4. The Morgan fingerprint density at radius 1 is 1.36 bits per heavy atom. The van der Waals surface area contributed by atoms with Crippen molar-refractivity contribution in [3.05, 3.63) is 47.6 Å². The molecule has 4 heterocycles. The second-order valence-corrected chi connectivity index (χ2v) is 5.48. The van der Waals surface area contributed by atoms with Crippen molar-refractivity contribution in [2.24, 2.45) is 0 Å². The van der Waals surface area contributed by atoms with E-state index in [1.165, 1.54) is 10.6 Å². The predicted molar refractivity (Wildman–Crippen MR) is 80.3 cm³/mol. The Labute approximate surface area is 127 Å². The van der Waals surface area contributed by atoms with Crippen molar-refractivity contribution < 1.29 is 9.90 Å². The smallest absolute Gasteiger partial charge is 0.354 e. The molecule has 22 heavy (non-hydrogen) atoms. The van der Waals surface area contributed by atoms with Gasteiger partial charge in [0.05, 0.1) is 18.4 Å². The molecule has 0 saturated heterocycles. The van der Waals surface area contributed by atoms with Crippen molar-refractivity contribution in [1.29, 1.82) is 0 Å². The molecular weight excluding hydrogens is 304 g/mol. The number of nitrogens with zero attached hydrogens (tertiary/aromatic N) is 5. The Morgan fingerprint density at radius 2 is 2.27 bits per heavy atom. The molecular formula is C13H10N6O2S. The standard InChI is InChI=1S/C13H10N6O2S/c20-11(21)9-6-15-12-17-10(1-2-19(9)12)14-5-8-7-18-3-4-22-13(18)16-8/h1-4,6-7H,5H2,(H,20,21)(H,14,15,17). The van der Waals surface area contributed by atoms with Gasteiger partial charge in [-0.2, -0.15) is 4.98 Å². The van der Waals surface area contributed by atoms with Crippen molar-refractivity contribution in [1.82, 2.24) is 23.8 Å². The summed E-state index contributed by atoms with van der Waals surface area (Å²) in [4.78, 5) is 24.7. The van der Waals surface area contributed by atoms with Gasteiger partial charge < -0.3 is 10.4 Å². The molecule has 0 amide bonds. The number of aromatic carboxylic acids is 1. The summed E-state index contributed by atoms with van der Waals surface area (Å²) < 4.78 is 3.39. The van der Waals surface area contributed by atoms with E-state index >= 15 is 0 Å². The lowest BCUT2D eigenvalue weighted by Crippen LogP contribution is -2.05. The molecule has 0 aliphatic heterocycles. The summed E-state index contributed by atoms with van der Waals surface area (Å²) in [5.74, 6) is -0.0762. The van der Waals surface area contributed by atoms with Crippen LogP contribution in [0.15, 0.2) is 36.2 Å². The summed E-state index contributed by atoms with van der Waals surface area (Å²) in [5.41, 5.74) is 0.992. The largest absolute Gasteiger partial charge is 0.477 e. The lowest BCUT2D eigenvalue weighted by molar-refractivity contribution is 0.0689. The molecule has 0 saturated carbocycles. The third-order valence-electron chi connectivity index (χ3n) is 3.19. The molecule has 2 N–H and O–H groups in total. The molecule has 0 bridgehead atoms. The van der Waals surface area contributed by atoms with Gasteiger partial charge in [0, 0.05) is 24.0 Å². The fourth-order valence-electron chi connectivity index (χ4n) is 2.17. The van der Waals surface area contributed by atoms with Crippen molar-refractivity contribution in [3.63, 3.8) is 0 Å². The first kappa shape index (κ1) is 12.8. The Bertz CT molecular complexity index is 956. The molecule has 8 nitrogen and oxygen atoms in total. The maximum absolute atomic E-state index is 11.0. The van der Waals surface area contributed by atoms with Crippen LogP contribution in [-0.2, 0) is 6.54 Å². The molecule has 0 unspecified atom stereocenters. The quantitative estimate of drug-likeness (QED) is 0.595. The summed E-state index contributed by atoms with van der Waals surface area (Å²) >= 11 is 1.58. The van der Waals surface area contributed by atoms with Crippen LogP contribution in [0.3, 0.4) is 0 Å². The molecule has 0 atom stereocenters. The monoisotopic (exact) mass is 314 g/mol. The SMILES string of the molecule is O=C(O)c1cnc2nc(NCc3cn4ccsc4n3)ccn12. The van der Waals surface area contributed by atoms with E-state index in [-0.39, 0.29) is 5.69 Å². The fourth-order valence-corrected chi connectivity index (χ4v) is 2.89. The Balaban J connectivity index is 1.56. The summed E-state index contributed by atoms with van der Waals surface area (Å²) in [5, 5.41) is 14.2. The summed E-state index contributed by atoms with van der Waals surface area (Å²) in [6, 6.07) is 1.71. The van der Waals surface area contributed by atoms with E-state index in [1.807, 2.05) is 22.2 Å². The maximum Gasteiger partial charge on any atom is 0.354 e. The van der Waals surface area contributed by atoms with E-state index in [9.17, 15) is 4.79 Å². The van der Waals surface area contributed by atoms with Crippen molar-refractivity contribution >= 4 is 33.9 Å². The average molecular weight is 314 g/mol. The molecule has 9 heteroatoms. The average Bonchev–Trinajstić information content (AvgIpc) is 3.18. The fraction of sp³-hybridized carbons (Fsp3) is 0.0769. The van der Waals surface area contributed by atoms with Gasteiger partial charge in [-0.1, -0.05) is 0 Å². The van der Waals surface area contributed by atoms with E-state index < -0.39 is 5.97 Å². The highest BCUT2D eigenvalue weighted by molar-refractivity contribution is 7.15. The molecule has 0 radical (unpaired) electrons. The summed E-state index contributed by atoms with van der Waals surface area (Å²) in [6.45, 7) is 0.532. The van der Waals surface area contributed by atoms with Gasteiger partial charge in [0.2, 0.25) is 5.78 Å². The first-order chi connectivity index (χ1) is 10.7. The molecule has 0 spiro atoms. The zero-order valence-corrected chi connectivity index (χ0v) is 12.0. The number of anilines is 1. The third kappa shape index (κ3) is 2.07. The van der Waals surface area contributed by atoms with E-state index in [1.54, 1.807) is 23.6 Å². The van der Waals surface area contributed by atoms with Crippen LogP contribution in [0.1, 0.15) is 16.2 Å².